The third-order valence-corrected chi connectivity index (χ3v) is 3.23. The van der Waals surface area contributed by atoms with Crippen molar-refractivity contribution < 1.29 is 9.59 Å². The zero-order chi connectivity index (χ0) is 14.5. The highest BCUT2D eigenvalue weighted by atomic mass is 16.2. The minimum Gasteiger partial charge on any atom is -0.326 e. The van der Waals surface area contributed by atoms with Crippen LogP contribution < -0.4 is 10.7 Å². The van der Waals surface area contributed by atoms with Gasteiger partial charge in [-0.3, -0.25) is 15.0 Å². The Balaban J connectivity index is 1.90. The predicted octanol–water partition coefficient (Wildman–Crippen LogP) is 0.537. The largest absolute Gasteiger partial charge is 0.326 e. The predicted molar refractivity (Wildman–Crippen MR) is 77.3 cm³/mol. The van der Waals surface area contributed by atoms with Gasteiger partial charge in [-0.05, 0) is 31.3 Å². The van der Waals surface area contributed by atoms with Crippen molar-refractivity contribution in [1.29, 1.82) is 0 Å². The summed E-state index contributed by atoms with van der Waals surface area (Å²) in [5.74, 6) is -0.247. The highest BCUT2D eigenvalue weighted by molar-refractivity contribution is 5.95. The molecule has 2 amide bonds. The molecule has 1 aromatic rings. The van der Waals surface area contributed by atoms with Crippen LogP contribution in [0.5, 0.6) is 0 Å². The highest BCUT2D eigenvalue weighted by Gasteiger charge is 2.16. The molecule has 0 unspecified atom stereocenters. The maximum atomic E-state index is 12.1. The van der Waals surface area contributed by atoms with Crippen LogP contribution in [0, 0.1) is 0 Å². The quantitative estimate of drug-likeness (QED) is 0.845. The van der Waals surface area contributed by atoms with E-state index in [-0.39, 0.29) is 11.8 Å². The van der Waals surface area contributed by atoms with Crippen molar-refractivity contribution in [2.75, 3.05) is 38.5 Å². The zero-order valence-electron chi connectivity index (χ0n) is 11.8. The van der Waals surface area contributed by atoms with E-state index in [0.717, 1.165) is 26.2 Å². The topological polar surface area (TPSA) is 64.7 Å². The number of nitrogens with one attached hydrogen (secondary N) is 2. The molecule has 1 fully saturated rings. The van der Waals surface area contributed by atoms with Crippen LogP contribution in [0.25, 0.3) is 0 Å². The Morgan fingerprint density at radius 3 is 2.20 bits per heavy atom. The van der Waals surface area contributed by atoms with E-state index in [1.165, 1.54) is 6.92 Å². The number of rotatable bonds is 3. The number of nitrogens with zero attached hydrogens (tertiary/aromatic N) is 2. The van der Waals surface area contributed by atoms with E-state index >= 15 is 0 Å². The van der Waals surface area contributed by atoms with Crippen molar-refractivity contribution in [1.82, 2.24) is 15.3 Å². The van der Waals surface area contributed by atoms with Crippen LogP contribution in [0.4, 0.5) is 5.69 Å². The van der Waals surface area contributed by atoms with Crippen molar-refractivity contribution in [3.05, 3.63) is 29.8 Å². The molecule has 1 saturated heterocycles. The first-order valence-electron chi connectivity index (χ1n) is 6.67. The van der Waals surface area contributed by atoms with Crippen molar-refractivity contribution in [2.45, 2.75) is 6.92 Å². The molecule has 6 heteroatoms. The highest BCUT2D eigenvalue weighted by Crippen LogP contribution is 2.09. The van der Waals surface area contributed by atoms with E-state index < -0.39 is 0 Å². The lowest BCUT2D eigenvalue weighted by atomic mass is 10.2. The third kappa shape index (κ3) is 4.04. The fraction of sp³-hybridized carbons (Fsp3) is 0.429. The molecule has 0 aliphatic carbocycles. The Morgan fingerprint density at radius 1 is 1.05 bits per heavy atom. The van der Waals surface area contributed by atoms with E-state index in [0.29, 0.717) is 11.3 Å². The molecule has 2 rings (SSSR count). The lowest BCUT2D eigenvalue weighted by Gasteiger charge is -2.32. The van der Waals surface area contributed by atoms with Crippen LogP contribution in [0.1, 0.15) is 17.3 Å². The Hall–Kier alpha value is -1.92. The summed E-state index contributed by atoms with van der Waals surface area (Å²) in [7, 11) is 2.07. The molecule has 0 radical (unpaired) electrons. The molecule has 1 aliphatic rings. The van der Waals surface area contributed by atoms with Gasteiger partial charge in [0.25, 0.3) is 5.91 Å². The first-order valence-corrected chi connectivity index (χ1v) is 6.67. The number of piperazine rings is 1. The number of carbonyl (C=O) groups is 2. The van der Waals surface area contributed by atoms with Crippen LogP contribution in [0.3, 0.4) is 0 Å². The number of hydrogen-bond donors (Lipinski definition) is 2. The second kappa shape index (κ2) is 6.49. The number of amides is 2. The van der Waals surface area contributed by atoms with Crippen LogP contribution in [0.15, 0.2) is 24.3 Å². The summed E-state index contributed by atoms with van der Waals surface area (Å²) in [5.41, 5.74) is 4.17. The van der Waals surface area contributed by atoms with E-state index in [4.69, 9.17) is 0 Å². The van der Waals surface area contributed by atoms with E-state index in [1.54, 1.807) is 24.3 Å². The Morgan fingerprint density at radius 2 is 1.65 bits per heavy atom. The Labute approximate surface area is 118 Å². The molecule has 0 spiro atoms. The lowest BCUT2D eigenvalue weighted by Crippen LogP contribution is -2.52. The molecule has 0 bridgehead atoms. The standard InChI is InChI=1S/C14H20N4O2/c1-11(19)15-13-5-3-12(4-6-13)14(20)16-18-9-7-17(2)8-10-18/h3-6H,7-10H2,1-2H3,(H,15,19)(H,16,20). The minimum absolute atomic E-state index is 0.121. The van der Waals surface area contributed by atoms with E-state index in [2.05, 4.69) is 22.7 Å². The molecule has 1 aliphatic heterocycles. The molecule has 0 aromatic heterocycles. The van der Waals surface area contributed by atoms with Gasteiger partial charge in [0, 0.05) is 44.4 Å². The average molecular weight is 276 g/mol. The van der Waals surface area contributed by atoms with Gasteiger partial charge in [0.15, 0.2) is 0 Å². The fourth-order valence-electron chi connectivity index (χ4n) is 2.03. The molecule has 2 N–H and O–H groups in total. The van der Waals surface area contributed by atoms with Gasteiger partial charge in [-0.15, -0.1) is 0 Å². The van der Waals surface area contributed by atoms with Crippen molar-refractivity contribution >= 4 is 17.5 Å². The van der Waals surface area contributed by atoms with Gasteiger partial charge in [0.2, 0.25) is 5.91 Å². The SMILES string of the molecule is CC(=O)Nc1ccc(C(=O)NN2CCN(C)CC2)cc1. The fourth-order valence-corrected chi connectivity index (χ4v) is 2.03. The van der Waals surface area contributed by atoms with Crippen LogP contribution in [0.2, 0.25) is 0 Å². The molecule has 0 atom stereocenters. The van der Waals surface area contributed by atoms with Crippen molar-refractivity contribution in [2.24, 2.45) is 0 Å². The molecule has 0 saturated carbocycles. The molecule has 108 valence electrons. The summed E-state index contributed by atoms with van der Waals surface area (Å²) in [6, 6.07) is 6.86. The summed E-state index contributed by atoms with van der Waals surface area (Å²) >= 11 is 0. The molecule has 6 nitrogen and oxygen atoms in total. The van der Waals surface area contributed by atoms with E-state index in [1.807, 2.05) is 5.01 Å². The minimum atomic E-state index is -0.125. The van der Waals surface area contributed by atoms with Gasteiger partial charge in [0.05, 0.1) is 0 Å². The third-order valence-electron chi connectivity index (χ3n) is 3.23. The van der Waals surface area contributed by atoms with Gasteiger partial charge in [0.1, 0.15) is 0 Å². The zero-order valence-corrected chi connectivity index (χ0v) is 11.8. The summed E-state index contributed by atoms with van der Waals surface area (Å²) < 4.78 is 0. The smallest absolute Gasteiger partial charge is 0.265 e. The second-order valence-electron chi connectivity index (χ2n) is 4.99. The molecule has 1 aromatic carbocycles. The maximum absolute atomic E-state index is 12.1. The Kier molecular flexibility index (Phi) is 4.70. The maximum Gasteiger partial charge on any atom is 0.265 e. The second-order valence-corrected chi connectivity index (χ2v) is 4.99. The number of likely N-dealkylation sites (N-methyl/N-ethyl adjacent to an activating group) is 1. The number of carbonyl (C=O) groups excluding carboxylic acids is 2. The van der Waals surface area contributed by atoms with Crippen LogP contribution in [-0.4, -0.2) is 54.9 Å². The number of anilines is 1. The van der Waals surface area contributed by atoms with Crippen molar-refractivity contribution in [3.63, 3.8) is 0 Å². The van der Waals surface area contributed by atoms with Gasteiger partial charge in [-0.25, -0.2) is 5.01 Å². The Bertz CT molecular complexity index is 478. The first-order chi connectivity index (χ1) is 9.54. The average Bonchev–Trinajstić information content (AvgIpc) is 2.41. The molecule has 1 heterocycles. The number of hydrogen-bond acceptors (Lipinski definition) is 4. The first kappa shape index (κ1) is 14.5. The summed E-state index contributed by atoms with van der Waals surface area (Å²) in [5, 5.41) is 4.61. The van der Waals surface area contributed by atoms with Gasteiger partial charge in [-0.1, -0.05) is 0 Å². The molecule has 20 heavy (non-hydrogen) atoms. The van der Waals surface area contributed by atoms with E-state index in [9.17, 15) is 9.59 Å². The van der Waals surface area contributed by atoms with Crippen LogP contribution in [-0.2, 0) is 4.79 Å². The number of benzene rings is 1. The molecular formula is C14H20N4O2. The summed E-state index contributed by atoms with van der Waals surface area (Å²) in [4.78, 5) is 25.2. The summed E-state index contributed by atoms with van der Waals surface area (Å²) in [6.45, 7) is 5.00. The summed E-state index contributed by atoms with van der Waals surface area (Å²) in [6.07, 6.45) is 0. The molecular weight excluding hydrogens is 256 g/mol. The van der Waals surface area contributed by atoms with Gasteiger partial charge >= 0.3 is 0 Å². The van der Waals surface area contributed by atoms with Gasteiger partial charge in [-0.2, -0.15) is 0 Å². The van der Waals surface area contributed by atoms with Crippen LogP contribution >= 0.6 is 0 Å². The number of hydrazine groups is 1. The lowest BCUT2D eigenvalue weighted by molar-refractivity contribution is -0.114. The normalized spacial score (nSPS) is 16.7. The monoisotopic (exact) mass is 276 g/mol. The van der Waals surface area contributed by atoms with Gasteiger partial charge < -0.3 is 10.2 Å². The van der Waals surface area contributed by atoms with Crippen molar-refractivity contribution in [3.8, 4) is 0 Å².